The SMILES string of the molecule is CCN(C1CCCC1CN)S(=O)(=O)c1cnc[nH]1. The van der Waals surface area contributed by atoms with E-state index in [2.05, 4.69) is 9.97 Å². The highest BCUT2D eigenvalue weighted by Crippen LogP contribution is 2.32. The summed E-state index contributed by atoms with van der Waals surface area (Å²) >= 11 is 0. The van der Waals surface area contributed by atoms with Crippen molar-refractivity contribution in [1.82, 2.24) is 14.3 Å². The lowest BCUT2D eigenvalue weighted by Crippen LogP contribution is -2.44. The highest BCUT2D eigenvalue weighted by Gasteiger charge is 2.37. The van der Waals surface area contributed by atoms with Crippen molar-refractivity contribution in [2.24, 2.45) is 11.7 Å². The summed E-state index contributed by atoms with van der Waals surface area (Å²) in [7, 11) is -3.47. The molecule has 0 bridgehead atoms. The smallest absolute Gasteiger partial charge is 0.260 e. The number of hydrogen-bond donors (Lipinski definition) is 2. The van der Waals surface area contributed by atoms with E-state index < -0.39 is 10.0 Å². The second-order valence-electron chi connectivity index (χ2n) is 4.62. The van der Waals surface area contributed by atoms with E-state index in [0.29, 0.717) is 13.1 Å². The third kappa shape index (κ3) is 2.30. The summed E-state index contributed by atoms with van der Waals surface area (Å²) < 4.78 is 26.5. The van der Waals surface area contributed by atoms with Gasteiger partial charge in [-0.15, -0.1) is 0 Å². The fraction of sp³-hybridized carbons (Fsp3) is 0.727. The normalized spacial score (nSPS) is 24.8. The Morgan fingerprint density at radius 1 is 1.56 bits per heavy atom. The zero-order valence-corrected chi connectivity index (χ0v) is 11.4. The van der Waals surface area contributed by atoms with E-state index in [0.717, 1.165) is 19.3 Å². The van der Waals surface area contributed by atoms with E-state index in [1.807, 2.05) is 6.92 Å². The molecule has 1 aliphatic carbocycles. The fourth-order valence-corrected chi connectivity index (χ4v) is 4.39. The summed E-state index contributed by atoms with van der Waals surface area (Å²) in [6, 6.07) is 0.0216. The largest absolute Gasteiger partial charge is 0.335 e. The number of sulfonamides is 1. The van der Waals surface area contributed by atoms with E-state index in [1.165, 1.54) is 12.5 Å². The lowest BCUT2D eigenvalue weighted by molar-refractivity contribution is 0.275. The van der Waals surface area contributed by atoms with Gasteiger partial charge in [0.1, 0.15) is 0 Å². The zero-order chi connectivity index (χ0) is 13.2. The van der Waals surface area contributed by atoms with Crippen molar-refractivity contribution in [2.75, 3.05) is 13.1 Å². The number of rotatable bonds is 5. The number of H-pyrrole nitrogens is 1. The van der Waals surface area contributed by atoms with Gasteiger partial charge in [0, 0.05) is 12.6 Å². The minimum atomic E-state index is -3.47. The molecule has 6 nitrogen and oxygen atoms in total. The van der Waals surface area contributed by atoms with E-state index in [-0.39, 0.29) is 17.0 Å². The molecule has 2 atom stereocenters. The molecule has 102 valence electrons. The monoisotopic (exact) mass is 272 g/mol. The first-order valence-electron chi connectivity index (χ1n) is 6.31. The minimum Gasteiger partial charge on any atom is -0.335 e. The first kappa shape index (κ1) is 13.5. The van der Waals surface area contributed by atoms with Crippen LogP contribution >= 0.6 is 0 Å². The number of aromatic amines is 1. The molecule has 18 heavy (non-hydrogen) atoms. The molecule has 2 rings (SSSR count). The maximum Gasteiger partial charge on any atom is 0.260 e. The zero-order valence-electron chi connectivity index (χ0n) is 10.5. The molecular formula is C11H20N4O2S. The van der Waals surface area contributed by atoms with Crippen LogP contribution in [0.2, 0.25) is 0 Å². The number of nitrogens with zero attached hydrogens (tertiary/aromatic N) is 2. The van der Waals surface area contributed by atoms with Crippen LogP contribution in [-0.4, -0.2) is 41.8 Å². The van der Waals surface area contributed by atoms with Crippen molar-refractivity contribution in [3.8, 4) is 0 Å². The number of nitrogens with two attached hydrogens (primary N) is 1. The summed E-state index contributed by atoms with van der Waals surface area (Å²) in [6.45, 7) is 2.86. The second kappa shape index (κ2) is 5.38. The van der Waals surface area contributed by atoms with Crippen LogP contribution in [0.4, 0.5) is 0 Å². The Morgan fingerprint density at radius 2 is 2.33 bits per heavy atom. The second-order valence-corrected chi connectivity index (χ2v) is 6.48. The standard InChI is InChI=1S/C11H20N4O2S/c1-2-15(10-5-3-4-9(10)6-12)18(16,17)11-7-13-8-14-11/h7-10H,2-6,12H2,1H3,(H,13,14). The Hall–Kier alpha value is -0.920. The molecule has 1 aliphatic rings. The average molecular weight is 272 g/mol. The van der Waals surface area contributed by atoms with Crippen LogP contribution in [0.15, 0.2) is 17.6 Å². The molecule has 7 heteroatoms. The van der Waals surface area contributed by atoms with Crippen LogP contribution < -0.4 is 5.73 Å². The highest BCUT2D eigenvalue weighted by molar-refractivity contribution is 7.89. The molecule has 0 radical (unpaired) electrons. The molecule has 1 heterocycles. The van der Waals surface area contributed by atoms with Gasteiger partial charge in [-0.3, -0.25) is 0 Å². The van der Waals surface area contributed by atoms with E-state index in [9.17, 15) is 8.42 Å². The molecule has 0 amide bonds. The summed E-state index contributed by atoms with van der Waals surface area (Å²) in [5.41, 5.74) is 5.74. The summed E-state index contributed by atoms with van der Waals surface area (Å²) in [4.78, 5) is 6.46. The third-order valence-corrected chi connectivity index (χ3v) is 5.59. The fourth-order valence-electron chi connectivity index (χ4n) is 2.76. The molecule has 1 saturated carbocycles. The van der Waals surface area contributed by atoms with Gasteiger partial charge in [-0.1, -0.05) is 13.3 Å². The van der Waals surface area contributed by atoms with Gasteiger partial charge in [0.05, 0.1) is 12.5 Å². The molecule has 1 aromatic heterocycles. The van der Waals surface area contributed by atoms with Gasteiger partial charge in [-0.05, 0) is 25.3 Å². The van der Waals surface area contributed by atoms with Gasteiger partial charge in [-0.25, -0.2) is 13.4 Å². The molecule has 0 saturated heterocycles. The molecular weight excluding hydrogens is 252 g/mol. The van der Waals surface area contributed by atoms with Crippen molar-refractivity contribution in [2.45, 2.75) is 37.3 Å². The quantitative estimate of drug-likeness (QED) is 0.818. The van der Waals surface area contributed by atoms with Gasteiger partial charge in [0.2, 0.25) is 0 Å². The van der Waals surface area contributed by atoms with Gasteiger partial charge < -0.3 is 10.7 Å². The molecule has 2 unspecified atom stereocenters. The predicted octanol–water partition coefficient (Wildman–Crippen LogP) is 0.548. The molecule has 1 aromatic rings. The maximum atomic E-state index is 12.5. The van der Waals surface area contributed by atoms with Gasteiger partial charge in [0.15, 0.2) is 5.03 Å². The number of hydrogen-bond acceptors (Lipinski definition) is 4. The highest BCUT2D eigenvalue weighted by atomic mass is 32.2. The van der Waals surface area contributed by atoms with Crippen molar-refractivity contribution in [3.05, 3.63) is 12.5 Å². The van der Waals surface area contributed by atoms with Crippen molar-refractivity contribution < 1.29 is 8.42 Å². The molecule has 0 aromatic carbocycles. The van der Waals surface area contributed by atoms with Crippen LogP contribution in [0.25, 0.3) is 0 Å². The van der Waals surface area contributed by atoms with Crippen LogP contribution in [0.5, 0.6) is 0 Å². The Kier molecular flexibility index (Phi) is 4.04. The van der Waals surface area contributed by atoms with Gasteiger partial charge in [-0.2, -0.15) is 4.31 Å². The topological polar surface area (TPSA) is 92.1 Å². The van der Waals surface area contributed by atoms with Crippen molar-refractivity contribution >= 4 is 10.0 Å². The molecule has 0 spiro atoms. The Balaban J connectivity index is 2.29. The predicted molar refractivity (Wildman–Crippen MR) is 68.3 cm³/mol. The van der Waals surface area contributed by atoms with Crippen LogP contribution in [0.1, 0.15) is 26.2 Å². The molecule has 0 aliphatic heterocycles. The average Bonchev–Trinajstić information content (AvgIpc) is 3.00. The Bertz CT molecular complexity index is 471. The van der Waals surface area contributed by atoms with Crippen molar-refractivity contribution in [1.29, 1.82) is 0 Å². The van der Waals surface area contributed by atoms with Gasteiger partial charge in [0.25, 0.3) is 10.0 Å². The van der Waals surface area contributed by atoms with E-state index in [4.69, 9.17) is 5.73 Å². The maximum absolute atomic E-state index is 12.5. The van der Waals surface area contributed by atoms with Crippen molar-refractivity contribution in [3.63, 3.8) is 0 Å². The lowest BCUT2D eigenvalue weighted by atomic mass is 10.0. The van der Waals surface area contributed by atoms with E-state index in [1.54, 1.807) is 4.31 Å². The van der Waals surface area contributed by atoms with E-state index >= 15 is 0 Å². The van der Waals surface area contributed by atoms with Gasteiger partial charge >= 0.3 is 0 Å². The first-order valence-corrected chi connectivity index (χ1v) is 7.75. The van der Waals surface area contributed by atoms with Crippen LogP contribution in [0, 0.1) is 5.92 Å². The lowest BCUT2D eigenvalue weighted by Gasteiger charge is -2.30. The number of imidazole rings is 1. The molecule has 3 N–H and O–H groups in total. The molecule has 1 fully saturated rings. The van der Waals surface area contributed by atoms with Crippen LogP contribution in [0.3, 0.4) is 0 Å². The third-order valence-electron chi connectivity index (χ3n) is 3.66. The number of aromatic nitrogens is 2. The summed E-state index contributed by atoms with van der Waals surface area (Å²) in [6.07, 6.45) is 5.68. The minimum absolute atomic E-state index is 0.0216. The Labute approximate surface area is 108 Å². The first-order chi connectivity index (χ1) is 8.61. The number of nitrogens with one attached hydrogen (secondary N) is 1. The summed E-state index contributed by atoms with van der Waals surface area (Å²) in [5.74, 6) is 0.266. The Morgan fingerprint density at radius 3 is 2.89 bits per heavy atom. The van der Waals surface area contributed by atoms with Crippen LogP contribution in [-0.2, 0) is 10.0 Å². The summed E-state index contributed by atoms with van der Waals surface area (Å²) in [5, 5.41) is 0.159.